The van der Waals surface area contributed by atoms with Crippen molar-refractivity contribution in [3.05, 3.63) is 29.8 Å². The summed E-state index contributed by atoms with van der Waals surface area (Å²) in [6.45, 7) is 9.37. The highest BCUT2D eigenvalue weighted by Crippen LogP contribution is 2.29. The van der Waals surface area contributed by atoms with Gasteiger partial charge >= 0.3 is 12.0 Å². The zero-order valence-corrected chi connectivity index (χ0v) is 13.3. The largest absolute Gasteiger partial charge is 0.480 e. The van der Waals surface area contributed by atoms with Crippen molar-refractivity contribution in [2.45, 2.75) is 52.0 Å². The first kappa shape index (κ1) is 17.0. The van der Waals surface area contributed by atoms with Crippen LogP contribution in [0.2, 0.25) is 0 Å². The summed E-state index contributed by atoms with van der Waals surface area (Å²) in [5.41, 5.74) is 0.283. The van der Waals surface area contributed by atoms with Crippen LogP contribution in [-0.2, 0) is 10.2 Å². The number of anilines is 1. The van der Waals surface area contributed by atoms with Gasteiger partial charge in [-0.2, -0.15) is 0 Å². The van der Waals surface area contributed by atoms with Crippen LogP contribution < -0.4 is 10.6 Å². The van der Waals surface area contributed by atoms with Gasteiger partial charge in [-0.1, -0.05) is 45.9 Å². The molecule has 21 heavy (non-hydrogen) atoms. The average Bonchev–Trinajstić information content (AvgIpc) is 2.37. The van der Waals surface area contributed by atoms with Crippen LogP contribution in [0.15, 0.2) is 24.3 Å². The van der Waals surface area contributed by atoms with Gasteiger partial charge < -0.3 is 15.7 Å². The molecule has 0 aliphatic heterocycles. The lowest BCUT2D eigenvalue weighted by Gasteiger charge is -2.26. The standard InChI is InChI=1S/C16H24N2O3/c1-6-16(5,13(19)20)18-14(21)17-12-10-8-7-9-11(12)15(2,3)4/h7-10H,6H2,1-5H3,(H,19,20)(H2,17,18,21). The van der Waals surface area contributed by atoms with E-state index in [0.717, 1.165) is 5.56 Å². The summed E-state index contributed by atoms with van der Waals surface area (Å²) in [6.07, 6.45) is 0.302. The summed E-state index contributed by atoms with van der Waals surface area (Å²) in [7, 11) is 0. The Morgan fingerprint density at radius 3 is 2.19 bits per heavy atom. The Morgan fingerprint density at radius 1 is 1.14 bits per heavy atom. The maximum absolute atomic E-state index is 12.1. The monoisotopic (exact) mass is 292 g/mol. The summed E-state index contributed by atoms with van der Waals surface area (Å²) in [4.78, 5) is 23.3. The molecule has 0 aliphatic carbocycles. The molecule has 0 heterocycles. The van der Waals surface area contributed by atoms with E-state index in [0.29, 0.717) is 12.1 Å². The Balaban J connectivity index is 2.93. The topological polar surface area (TPSA) is 78.4 Å². The molecule has 2 amide bonds. The van der Waals surface area contributed by atoms with Gasteiger partial charge in [0.15, 0.2) is 0 Å². The third kappa shape index (κ3) is 4.21. The zero-order valence-electron chi connectivity index (χ0n) is 13.3. The Bertz CT molecular complexity index is 535. The van der Waals surface area contributed by atoms with Crippen molar-refractivity contribution in [2.75, 3.05) is 5.32 Å². The summed E-state index contributed by atoms with van der Waals surface area (Å²) in [6, 6.07) is 6.99. The third-order valence-corrected chi connectivity index (χ3v) is 3.55. The first-order valence-electron chi connectivity index (χ1n) is 7.02. The molecule has 5 nitrogen and oxygen atoms in total. The van der Waals surface area contributed by atoms with Crippen LogP contribution in [0.3, 0.4) is 0 Å². The van der Waals surface area contributed by atoms with Gasteiger partial charge in [0.2, 0.25) is 0 Å². The number of amides is 2. The molecule has 0 fully saturated rings. The van der Waals surface area contributed by atoms with Crippen molar-refractivity contribution in [3.63, 3.8) is 0 Å². The van der Waals surface area contributed by atoms with E-state index in [1.54, 1.807) is 6.92 Å². The molecular weight excluding hydrogens is 268 g/mol. The average molecular weight is 292 g/mol. The van der Waals surface area contributed by atoms with E-state index in [4.69, 9.17) is 0 Å². The van der Waals surface area contributed by atoms with Crippen molar-refractivity contribution < 1.29 is 14.7 Å². The first-order chi connectivity index (χ1) is 9.60. The van der Waals surface area contributed by atoms with E-state index in [2.05, 4.69) is 31.4 Å². The lowest BCUT2D eigenvalue weighted by atomic mass is 9.86. The molecule has 5 heteroatoms. The van der Waals surface area contributed by atoms with Crippen LogP contribution in [0.25, 0.3) is 0 Å². The molecule has 0 radical (unpaired) electrons. The first-order valence-corrected chi connectivity index (χ1v) is 7.02. The van der Waals surface area contributed by atoms with Gasteiger partial charge in [-0.15, -0.1) is 0 Å². The molecule has 116 valence electrons. The van der Waals surface area contributed by atoms with Crippen molar-refractivity contribution in [2.24, 2.45) is 0 Å². The number of carbonyl (C=O) groups is 2. The van der Waals surface area contributed by atoms with Crippen LogP contribution in [0, 0.1) is 0 Å². The molecule has 0 saturated carbocycles. The Morgan fingerprint density at radius 2 is 1.71 bits per heavy atom. The molecule has 1 unspecified atom stereocenters. The number of hydrogen-bond donors (Lipinski definition) is 3. The fourth-order valence-corrected chi connectivity index (χ4v) is 1.94. The molecule has 0 saturated heterocycles. The minimum absolute atomic E-state index is 0.120. The highest BCUT2D eigenvalue weighted by molar-refractivity contribution is 5.94. The molecular formula is C16H24N2O3. The summed E-state index contributed by atoms with van der Waals surface area (Å²) >= 11 is 0. The van der Waals surface area contributed by atoms with Gasteiger partial charge in [-0.3, -0.25) is 0 Å². The molecule has 1 aromatic rings. The Labute approximate surface area is 125 Å². The molecule has 0 spiro atoms. The van der Waals surface area contributed by atoms with Gasteiger partial charge in [-0.05, 0) is 30.4 Å². The highest BCUT2D eigenvalue weighted by atomic mass is 16.4. The number of aliphatic carboxylic acids is 1. The number of carbonyl (C=O) groups excluding carboxylic acids is 1. The smallest absolute Gasteiger partial charge is 0.329 e. The maximum Gasteiger partial charge on any atom is 0.329 e. The molecule has 1 aromatic carbocycles. The summed E-state index contributed by atoms with van der Waals surface area (Å²) < 4.78 is 0. The van der Waals surface area contributed by atoms with E-state index in [-0.39, 0.29) is 5.41 Å². The maximum atomic E-state index is 12.1. The van der Waals surface area contributed by atoms with E-state index in [1.165, 1.54) is 6.92 Å². The summed E-state index contributed by atoms with van der Waals surface area (Å²) in [5.74, 6) is -1.05. The summed E-state index contributed by atoms with van der Waals surface area (Å²) in [5, 5.41) is 14.5. The van der Waals surface area contributed by atoms with E-state index in [9.17, 15) is 14.7 Å². The molecule has 0 aliphatic rings. The molecule has 3 N–H and O–H groups in total. The predicted octanol–water partition coefficient (Wildman–Crippen LogP) is 3.36. The van der Waals surface area contributed by atoms with Crippen molar-refractivity contribution in [1.29, 1.82) is 0 Å². The van der Waals surface area contributed by atoms with Crippen LogP contribution in [0.1, 0.15) is 46.6 Å². The van der Waals surface area contributed by atoms with Crippen LogP contribution in [0.5, 0.6) is 0 Å². The molecule has 0 bridgehead atoms. The van der Waals surface area contributed by atoms with Gasteiger partial charge in [0, 0.05) is 5.69 Å². The van der Waals surface area contributed by atoms with Crippen LogP contribution >= 0.6 is 0 Å². The van der Waals surface area contributed by atoms with Crippen LogP contribution in [0.4, 0.5) is 10.5 Å². The van der Waals surface area contributed by atoms with E-state index >= 15 is 0 Å². The SMILES string of the molecule is CCC(C)(NC(=O)Nc1ccccc1C(C)(C)C)C(=O)O. The fourth-order valence-electron chi connectivity index (χ4n) is 1.94. The van der Waals surface area contributed by atoms with Crippen molar-refractivity contribution in [3.8, 4) is 0 Å². The third-order valence-electron chi connectivity index (χ3n) is 3.55. The zero-order chi connectivity index (χ0) is 16.3. The second-order valence-corrected chi connectivity index (χ2v) is 6.37. The quantitative estimate of drug-likeness (QED) is 0.796. The second kappa shape index (κ2) is 6.16. The minimum Gasteiger partial charge on any atom is -0.480 e. The van der Waals surface area contributed by atoms with Gasteiger partial charge in [0.1, 0.15) is 5.54 Å². The number of nitrogens with one attached hydrogen (secondary N) is 2. The molecule has 1 rings (SSSR count). The minimum atomic E-state index is -1.28. The normalized spacial score (nSPS) is 14.1. The van der Waals surface area contributed by atoms with Gasteiger partial charge in [0.25, 0.3) is 0 Å². The number of hydrogen-bond acceptors (Lipinski definition) is 2. The Hall–Kier alpha value is -2.04. The molecule has 1 atom stereocenters. The van der Waals surface area contributed by atoms with Crippen molar-refractivity contribution >= 4 is 17.7 Å². The number of benzene rings is 1. The number of rotatable bonds is 4. The van der Waals surface area contributed by atoms with Gasteiger partial charge in [-0.25, -0.2) is 9.59 Å². The number of urea groups is 1. The highest BCUT2D eigenvalue weighted by Gasteiger charge is 2.33. The van der Waals surface area contributed by atoms with Crippen LogP contribution in [-0.4, -0.2) is 22.6 Å². The van der Waals surface area contributed by atoms with E-state index in [1.807, 2.05) is 24.3 Å². The van der Waals surface area contributed by atoms with Crippen molar-refractivity contribution in [1.82, 2.24) is 5.32 Å². The van der Waals surface area contributed by atoms with E-state index < -0.39 is 17.5 Å². The molecule has 0 aromatic heterocycles. The second-order valence-electron chi connectivity index (χ2n) is 6.37. The lowest BCUT2D eigenvalue weighted by molar-refractivity contribution is -0.143. The number of carboxylic acid groups (broad SMARTS) is 1. The fraction of sp³-hybridized carbons (Fsp3) is 0.500. The number of para-hydroxylation sites is 1. The predicted molar refractivity (Wildman–Crippen MR) is 83.6 cm³/mol. The Kier molecular flexibility index (Phi) is 4.99. The number of carboxylic acids is 1. The van der Waals surface area contributed by atoms with Gasteiger partial charge in [0.05, 0.1) is 0 Å². The lowest BCUT2D eigenvalue weighted by Crippen LogP contribution is -2.53.